The summed E-state index contributed by atoms with van der Waals surface area (Å²) in [7, 11) is 0. The number of allylic oxidation sites excluding steroid dienone is 2. The van der Waals surface area contributed by atoms with Crippen LogP contribution in [0.2, 0.25) is 0 Å². The Kier molecular flexibility index (Phi) is 5.24. The Balaban J connectivity index is 3.73. The Morgan fingerprint density at radius 1 is 1.10 bits per heavy atom. The molecule has 0 aliphatic heterocycles. The quantitative estimate of drug-likeness (QED) is 0.727. The average Bonchev–Trinajstić information content (AvgIpc) is 2.42. The summed E-state index contributed by atoms with van der Waals surface area (Å²) in [6, 6.07) is 0. The first-order valence-corrected chi connectivity index (χ1v) is 7.93. The molecule has 120 valence electrons. The number of hydrogen-bond donors (Lipinski definition) is 2. The average molecular weight is 296 g/mol. The molecule has 0 aromatic heterocycles. The first-order chi connectivity index (χ1) is 9.76. The van der Waals surface area contributed by atoms with Crippen molar-refractivity contribution in [2.75, 3.05) is 0 Å². The summed E-state index contributed by atoms with van der Waals surface area (Å²) in [4.78, 5) is 24.4. The van der Waals surface area contributed by atoms with Gasteiger partial charge in [-0.25, -0.2) is 0 Å². The maximum Gasteiger partial charge on any atom is 0.311 e. The summed E-state index contributed by atoms with van der Waals surface area (Å²) in [6.45, 7) is 9.47. The Hall–Kier alpha value is -1.32. The molecule has 21 heavy (non-hydrogen) atoms. The summed E-state index contributed by atoms with van der Waals surface area (Å²) in [6.07, 6.45) is 4.15. The largest absolute Gasteiger partial charge is 0.481 e. The molecule has 0 saturated carbocycles. The van der Waals surface area contributed by atoms with Gasteiger partial charge in [0.25, 0.3) is 0 Å². The van der Waals surface area contributed by atoms with Crippen molar-refractivity contribution in [3.8, 4) is 0 Å². The normalized spacial score (nSPS) is 36.1. The van der Waals surface area contributed by atoms with Gasteiger partial charge < -0.3 is 10.2 Å². The van der Waals surface area contributed by atoms with E-state index in [4.69, 9.17) is 0 Å². The molecule has 0 saturated heterocycles. The van der Waals surface area contributed by atoms with Crippen LogP contribution in [0.3, 0.4) is 0 Å². The van der Waals surface area contributed by atoms with Gasteiger partial charge in [-0.15, -0.1) is 0 Å². The fourth-order valence-corrected chi connectivity index (χ4v) is 4.63. The highest BCUT2D eigenvalue weighted by atomic mass is 16.4. The summed E-state index contributed by atoms with van der Waals surface area (Å²) in [5.74, 6) is -2.49. The van der Waals surface area contributed by atoms with Gasteiger partial charge >= 0.3 is 11.9 Å². The number of hydrogen-bond acceptors (Lipinski definition) is 2. The molecule has 0 heterocycles. The van der Waals surface area contributed by atoms with Gasteiger partial charge in [-0.05, 0) is 31.1 Å². The minimum atomic E-state index is -1.24. The van der Waals surface area contributed by atoms with Crippen LogP contribution >= 0.6 is 0 Å². The van der Waals surface area contributed by atoms with E-state index >= 15 is 0 Å². The van der Waals surface area contributed by atoms with Crippen molar-refractivity contribution in [2.45, 2.75) is 60.3 Å². The van der Waals surface area contributed by atoms with Crippen LogP contribution in [0, 0.1) is 22.7 Å². The van der Waals surface area contributed by atoms with Crippen molar-refractivity contribution in [3.63, 3.8) is 0 Å². The molecule has 1 aliphatic rings. The Morgan fingerprint density at radius 2 is 1.62 bits per heavy atom. The van der Waals surface area contributed by atoms with Crippen LogP contribution in [0.5, 0.6) is 0 Å². The maximum atomic E-state index is 12.2. The molecule has 4 nitrogen and oxygen atoms in total. The molecule has 0 amide bonds. The molecular weight excluding hydrogens is 268 g/mol. The molecule has 0 fully saturated rings. The molecule has 4 atom stereocenters. The zero-order valence-electron chi connectivity index (χ0n) is 13.8. The zero-order valence-corrected chi connectivity index (χ0v) is 13.8. The molecule has 4 heteroatoms. The highest BCUT2D eigenvalue weighted by molar-refractivity contribution is 5.88. The topological polar surface area (TPSA) is 74.6 Å². The standard InChI is InChI=1S/C17H28O4/c1-6-9-17(15(20)21)11(4)10-13(7-2)12(5)16(17,8-3)14(18)19/h10-12H,6-9H2,1-5H3,(H,18,19)(H,20,21)/t11-,12+,16?,17?/m1/s1. The van der Waals surface area contributed by atoms with Gasteiger partial charge in [0.15, 0.2) is 0 Å². The number of carboxylic acids is 2. The van der Waals surface area contributed by atoms with E-state index in [1.807, 2.05) is 40.7 Å². The molecule has 2 N–H and O–H groups in total. The predicted molar refractivity (Wildman–Crippen MR) is 82.0 cm³/mol. The van der Waals surface area contributed by atoms with Crippen molar-refractivity contribution in [1.29, 1.82) is 0 Å². The Labute approximate surface area is 127 Å². The van der Waals surface area contributed by atoms with Crippen molar-refractivity contribution in [3.05, 3.63) is 11.6 Å². The second kappa shape index (κ2) is 6.20. The lowest BCUT2D eigenvalue weighted by molar-refractivity contribution is -0.187. The van der Waals surface area contributed by atoms with E-state index < -0.39 is 22.8 Å². The monoisotopic (exact) mass is 296 g/mol. The lowest BCUT2D eigenvalue weighted by Crippen LogP contribution is -2.60. The third-order valence-corrected chi connectivity index (χ3v) is 5.71. The fraction of sp³-hybridized carbons (Fsp3) is 0.765. The summed E-state index contributed by atoms with van der Waals surface area (Å²) < 4.78 is 0. The van der Waals surface area contributed by atoms with E-state index in [0.717, 1.165) is 12.0 Å². The lowest BCUT2D eigenvalue weighted by atomic mass is 9.46. The van der Waals surface area contributed by atoms with Crippen LogP contribution in [-0.4, -0.2) is 22.2 Å². The molecule has 0 bridgehead atoms. The van der Waals surface area contributed by atoms with Crippen LogP contribution < -0.4 is 0 Å². The van der Waals surface area contributed by atoms with Gasteiger partial charge in [-0.3, -0.25) is 9.59 Å². The highest BCUT2D eigenvalue weighted by Gasteiger charge is 2.66. The van der Waals surface area contributed by atoms with E-state index in [-0.39, 0.29) is 11.8 Å². The van der Waals surface area contributed by atoms with Crippen LogP contribution in [-0.2, 0) is 9.59 Å². The Morgan fingerprint density at radius 3 is 1.95 bits per heavy atom. The third kappa shape index (κ3) is 2.19. The van der Waals surface area contributed by atoms with Gasteiger partial charge in [0.05, 0.1) is 10.8 Å². The number of carbonyl (C=O) groups is 2. The zero-order chi connectivity index (χ0) is 16.4. The molecular formula is C17H28O4. The lowest BCUT2D eigenvalue weighted by Gasteiger charge is -2.54. The summed E-state index contributed by atoms with van der Waals surface area (Å²) in [5.41, 5.74) is -1.41. The van der Waals surface area contributed by atoms with Gasteiger partial charge in [0, 0.05) is 0 Å². The molecule has 0 aromatic carbocycles. The van der Waals surface area contributed by atoms with Crippen LogP contribution in [0.4, 0.5) is 0 Å². The molecule has 1 rings (SSSR count). The third-order valence-electron chi connectivity index (χ3n) is 5.71. The second-order valence-corrected chi connectivity index (χ2v) is 6.26. The van der Waals surface area contributed by atoms with E-state index in [9.17, 15) is 19.8 Å². The number of carboxylic acid groups (broad SMARTS) is 2. The van der Waals surface area contributed by atoms with Gasteiger partial charge in [0.1, 0.15) is 0 Å². The highest BCUT2D eigenvalue weighted by Crippen LogP contribution is 2.60. The van der Waals surface area contributed by atoms with E-state index in [1.165, 1.54) is 0 Å². The van der Waals surface area contributed by atoms with Crippen molar-refractivity contribution in [2.24, 2.45) is 22.7 Å². The van der Waals surface area contributed by atoms with E-state index in [2.05, 4.69) is 0 Å². The van der Waals surface area contributed by atoms with Crippen LogP contribution in [0.25, 0.3) is 0 Å². The molecule has 0 spiro atoms. The van der Waals surface area contributed by atoms with Crippen LogP contribution in [0.15, 0.2) is 11.6 Å². The van der Waals surface area contributed by atoms with Crippen molar-refractivity contribution < 1.29 is 19.8 Å². The summed E-state index contributed by atoms with van der Waals surface area (Å²) in [5, 5.41) is 20.0. The first kappa shape index (κ1) is 17.7. The fourth-order valence-electron chi connectivity index (χ4n) is 4.63. The summed E-state index contributed by atoms with van der Waals surface area (Å²) >= 11 is 0. The van der Waals surface area contributed by atoms with Crippen LogP contribution in [0.1, 0.15) is 60.3 Å². The van der Waals surface area contributed by atoms with Gasteiger partial charge in [0.2, 0.25) is 0 Å². The van der Waals surface area contributed by atoms with Crippen molar-refractivity contribution in [1.82, 2.24) is 0 Å². The Bertz CT molecular complexity index is 454. The maximum absolute atomic E-state index is 12.2. The second-order valence-electron chi connectivity index (χ2n) is 6.26. The molecule has 1 aliphatic carbocycles. The number of rotatable bonds is 6. The minimum absolute atomic E-state index is 0.260. The molecule has 0 radical (unpaired) electrons. The molecule has 2 unspecified atom stereocenters. The smallest absolute Gasteiger partial charge is 0.311 e. The van der Waals surface area contributed by atoms with Crippen molar-refractivity contribution >= 4 is 11.9 Å². The van der Waals surface area contributed by atoms with E-state index in [1.54, 1.807) is 0 Å². The van der Waals surface area contributed by atoms with E-state index in [0.29, 0.717) is 19.3 Å². The minimum Gasteiger partial charge on any atom is -0.481 e. The SMILES string of the molecule is CCCC1(C(=O)O)[C@H](C)C=C(CC)[C@H](C)C1(CC)C(=O)O. The predicted octanol–water partition coefficient (Wildman–Crippen LogP) is 3.96. The van der Waals surface area contributed by atoms with Gasteiger partial charge in [-0.1, -0.05) is 52.7 Å². The molecule has 0 aromatic rings. The number of aliphatic carboxylic acids is 2. The van der Waals surface area contributed by atoms with Gasteiger partial charge in [-0.2, -0.15) is 0 Å². The first-order valence-electron chi connectivity index (χ1n) is 7.93.